The molecule has 0 amide bonds. The van der Waals surface area contributed by atoms with Crippen LogP contribution in [-0.4, -0.2) is 29.5 Å². The minimum atomic E-state index is -0.129. The van der Waals surface area contributed by atoms with Gasteiger partial charge in [-0.3, -0.25) is 9.88 Å². The maximum Gasteiger partial charge on any atom is 0.127 e. The third-order valence-electron chi connectivity index (χ3n) is 3.75. The quantitative estimate of drug-likeness (QED) is 0.945. The average molecular weight is 308 g/mol. The van der Waals surface area contributed by atoms with Crippen LogP contribution in [0.4, 0.5) is 4.39 Å². The highest BCUT2D eigenvalue weighted by atomic mass is 35.5. The molecule has 2 aromatic rings. The molecule has 3 rings (SSSR count). The number of nitrogens with zero attached hydrogens (tertiary/aromatic N) is 2. The highest BCUT2D eigenvalue weighted by molar-refractivity contribution is 5.85. The van der Waals surface area contributed by atoms with Crippen LogP contribution in [0.5, 0.6) is 0 Å². The molecule has 1 saturated heterocycles. The summed E-state index contributed by atoms with van der Waals surface area (Å²) in [4.78, 5) is 6.50. The summed E-state index contributed by atoms with van der Waals surface area (Å²) in [6.07, 6.45) is 3.67. The van der Waals surface area contributed by atoms with Gasteiger partial charge >= 0.3 is 0 Å². The lowest BCUT2D eigenvalue weighted by Crippen LogP contribution is -2.45. The maximum atomic E-state index is 13.8. The lowest BCUT2D eigenvalue weighted by Gasteiger charge is -2.36. The van der Waals surface area contributed by atoms with E-state index in [1.807, 2.05) is 24.4 Å². The standard InChI is InChI=1S/C16H18FN3.ClH/c17-15-6-2-1-4-14(15)12-20-9-8-19-11-16(20)13-5-3-7-18-10-13;/h1-7,10,16,19H,8-9,11-12H2;1H. The zero-order valence-corrected chi connectivity index (χ0v) is 12.5. The third-order valence-corrected chi connectivity index (χ3v) is 3.75. The molecular weight excluding hydrogens is 289 g/mol. The lowest BCUT2D eigenvalue weighted by atomic mass is 10.0. The molecular formula is C16H19ClFN3. The molecule has 1 aliphatic rings. The second-order valence-corrected chi connectivity index (χ2v) is 5.07. The summed E-state index contributed by atoms with van der Waals surface area (Å²) in [7, 11) is 0. The van der Waals surface area contributed by atoms with E-state index >= 15 is 0 Å². The topological polar surface area (TPSA) is 28.2 Å². The van der Waals surface area contributed by atoms with Crippen LogP contribution in [0.15, 0.2) is 48.8 Å². The van der Waals surface area contributed by atoms with Gasteiger partial charge < -0.3 is 5.32 Å². The maximum absolute atomic E-state index is 13.8. The van der Waals surface area contributed by atoms with Gasteiger partial charge in [-0.2, -0.15) is 0 Å². The van der Waals surface area contributed by atoms with Gasteiger partial charge in [0.15, 0.2) is 0 Å². The Balaban J connectivity index is 0.00000161. The van der Waals surface area contributed by atoms with Gasteiger partial charge in [0.1, 0.15) is 5.82 Å². The highest BCUT2D eigenvalue weighted by Gasteiger charge is 2.24. The highest BCUT2D eigenvalue weighted by Crippen LogP contribution is 2.24. The van der Waals surface area contributed by atoms with Gasteiger partial charge in [-0.15, -0.1) is 12.4 Å². The summed E-state index contributed by atoms with van der Waals surface area (Å²) in [6.45, 7) is 3.35. The molecule has 1 atom stereocenters. The zero-order valence-electron chi connectivity index (χ0n) is 11.7. The molecule has 1 unspecified atom stereocenters. The Kier molecular flexibility index (Phi) is 5.67. The molecule has 2 heterocycles. The number of hydrogen-bond acceptors (Lipinski definition) is 3. The van der Waals surface area contributed by atoms with E-state index in [1.165, 1.54) is 11.6 Å². The fraction of sp³-hybridized carbons (Fsp3) is 0.312. The average Bonchev–Trinajstić information content (AvgIpc) is 2.51. The number of hydrogen-bond donors (Lipinski definition) is 1. The summed E-state index contributed by atoms with van der Waals surface area (Å²) in [6, 6.07) is 11.3. The van der Waals surface area contributed by atoms with Crippen molar-refractivity contribution in [3.63, 3.8) is 0 Å². The van der Waals surface area contributed by atoms with Crippen LogP contribution in [0.3, 0.4) is 0 Å². The van der Waals surface area contributed by atoms with Crippen molar-refractivity contribution in [2.45, 2.75) is 12.6 Å². The molecule has 1 aromatic heterocycles. The molecule has 21 heavy (non-hydrogen) atoms. The SMILES string of the molecule is Cl.Fc1ccccc1CN1CCNCC1c1cccnc1. The predicted molar refractivity (Wildman–Crippen MR) is 83.9 cm³/mol. The van der Waals surface area contributed by atoms with Crippen molar-refractivity contribution < 1.29 is 4.39 Å². The van der Waals surface area contributed by atoms with E-state index < -0.39 is 0 Å². The van der Waals surface area contributed by atoms with Crippen LogP contribution in [0.1, 0.15) is 17.2 Å². The number of halogens is 2. The van der Waals surface area contributed by atoms with Crippen LogP contribution in [0.25, 0.3) is 0 Å². The van der Waals surface area contributed by atoms with Crippen LogP contribution >= 0.6 is 12.4 Å². The van der Waals surface area contributed by atoms with E-state index in [9.17, 15) is 4.39 Å². The fourth-order valence-corrected chi connectivity index (χ4v) is 2.68. The molecule has 1 fully saturated rings. The van der Waals surface area contributed by atoms with E-state index in [2.05, 4.69) is 21.3 Å². The van der Waals surface area contributed by atoms with E-state index in [0.717, 1.165) is 25.2 Å². The zero-order chi connectivity index (χ0) is 13.8. The van der Waals surface area contributed by atoms with Crippen LogP contribution in [-0.2, 0) is 6.54 Å². The Hall–Kier alpha value is -1.49. The molecule has 0 saturated carbocycles. The molecule has 1 aromatic carbocycles. The normalized spacial score (nSPS) is 19.0. The largest absolute Gasteiger partial charge is 0.314 e. The molecule has 3 nitrogen and oxygen atoms in total. The van der Waals surface area contributed by atoms with Crippen molar-refractivity contribution >= 4 is 12.4 Å². The Bertz CT molecular complexity index is 564. The second-order valence-electron chi connectivity index (χ2n) is 5.07. The Morgan fingerprint density at radius 1 is 1.24 bits per heavy atom. The number of aromatic nitrogens is 1. The first-order valence-electron chi connectivity index (χ1n) is 6.92. The first-order chi connectivity index (χ1) is 9.84. The monoisotopic (exact) mass is 307 g/mol. The summed E-state index contributed by atoms with van der Waals surface area (Å²) in [5, 5.41) is 3.40. The van der Waals surface area contributed by atoms with Crippen LogP contribution in [0, 0.1) is 5.82 Å². The van der Waals surface area contributed by atoms with Crippen molar-refractivity contribution in [2.24, 2.45) is 0 Å². The van der Waals surface area contributed by atoms with Gasteiger partial charge in [-0.1, -0.05) is 24.3 Å². The molecule has 5 heteroatoms. The Morgan fingerprint density at radius 2 is 2.10 bits per heavy atom. The number of rotatable bonds is 3. The van der Waals surface area contributed by atoms with Crippen LogP contribution in [0.2, 0.25) is 0 Å². The predicted octanol–water partition coefficient (Wildman–Crippen LogP) is 2.79. The van der Waals surface area contributed by atoms with Gasteiger partial charge in [0, 0.05) is 50.2 Å². The van der Waals surface area contributed by atoms with Gasteiger partial charge in [-0.05, 0) is 17.7 Å². The third kappa shape index (κ3) is 3.79. The summed E-state index contributed by atoms with van der Waals surface area (Å²) >= 11 is 0. The first-order valence-corrected chi connectivity index (χ1v) is 6.92. The van der Waals surface area contributed by atoms with Crippen molar-refractivity contribution in [1.29, 1.82) is 0 Å². The molecule has 0 bridgehead atoms. The lowest BCUT2D eigenvalue weighted by molar-refractivity contribution is 0.151. The van der Waals surface area contributed by atoms with E-state index in [0.29, 0.717) is 6.54 Å². The summed E-state index contributed by atoms with van der Waals surface area (Å²) < 4.78 is 13.8. The number of piperazine rings is 1. The van der Waals surface area contributed by atoms with Crippen molar-refractivity contribution in [2.75, 3.05) is 19.6 Å². The number of pyridine rings is 1. The van der Waals surface area contributed by atoms with Gasteiger partial charge in [-0.25, -0.2) is 4.39 Å². The molecule has 0 spiro atoms. The summed E-state index contributed by atoms with van der Waals surface area (Å²) in [5.41, 5.74) is 1.93. The smallest absolute Gasteiger partial charge is 0.127 e. The molecule has 0 aliphatic carbocycles. The van der Waals surface area contributed by atoms with Crippen LogP contribution < -0.4 is 5.32 Å². The van der Waals surface area contributed by atoms with E-state index in [4.69, 9.17) is 0 Å². The number of nitrogens with one attached hydrogen (secondary N) is 1. The van der Waals surface area contributed by atoms with Gasteiger partial charge in [0.25, 0.3) is 0 Å². The minimum absolute atomic E-state index is 0. The first kappa shape index (κ1) is 15.9. The van der Waals surface area contributed by atoms with Gasteiger partial charge in [0.2, 0.25) is 0 Å². The van der Waals surface area contributed by atoms with Crippen molar-refractivity contribution in [3.05, 3.63) is 65.7 Å². The van der Waals surface area contributed by atoms with E-state index in [1.54, 1.807) is 12.3 Å². The van der Waals surface area contributed by atoms with Crippen molar-refractivity contribution in [3.8, 4) is 0 Å². The second kappa shape index (κ2) is 7.50. The molecule has 1 aliphatic heterocycles. The Labute approximate surface area is 130 Å². The van der Waals surface area contributed by atoms with Crippen molar-refractivity contribution in [1.82, 2.24) is 15.2 Å². The summed E-state index contributed by atoms with van der Waals surface area (Å²) in [5.74, 6) is -0.129. The van der Waals surface area contributed by atoms with Gasteiger partial charge in [0.05, 0.1) is 0 Å². The van der Waals surface area contributed by atoms with E-state index in [-0.39, 0.29) is 24.3 Å². The molecule has 1 N–H and O–H groups in total. The Morgan fingerprint density at radius 3 is 2.86 bits per heavy atom. The number of benzene rings is 1. The molecule has 0 radical (unpaired) electrons. The fourth-order valence-electron chi connectivity index (χ4n) is 2.68. The molecule has 112 valence electrons. The minimum Gasteiger partial charge on any atom is -0.314 e.